The summed E-state index contributed by atoms with van der Waals surface area (Å²) < 4.78 is 26.7. The second kappa shape index (κ2) is 8.64. The Kier molecular flexibility index (Phi) is 6.23. The van der Waals surface area contributed by atoms with Crippen LogP contribution < -0.4 is 10.0 Å². The number of thiazole rings is 1. The van der Waals surface area contributed by atoms with Gasteiger partial charge in [-0.15, -0.1) is 11.3 Å². The van der Waals surface area contributed by atoms with Crippen LogP contribution in [0.25, 0.3) is 11.3 Å². The molecule has 0 aliphatic rings. The average molecular weight is 416 g/mol. The van der Waals surface area contributed by atoms with Gasteiger partial charge in [-0.3, -0.25) is 4.79 Å². The van der Waals surface area contributed by atoms with Gasteiger partial charge in [0.05, 0.1) is 10.6 Å². The fourth-order valence-corrected chi connectivity index (χ4v) is 4.50. The maximum absolute atomic E-state index is 12.1. The van der Waals surface area contributed by atoms with Gasteiger partial charge in [-0.1, -0.05) is 42.0 Å². The van der Waals surface area contributed by atoms with Gasteiger partial charge in [0, 0.05) is 23.9 Å². The molecule has 0 aliphatic carbocycles. The smallest absolute Gasteiger partial charge is 0.240 e. The zero-order chi connectivity index (χ0) is 20.1. The molecule has 0 atom stereocenters. The normalized spacial score (nSPS) is 11.4. The first-order chi connectivity index (χ1) is 13.3. The summed E-state index contributed by atoms with van der Waals surface area (Å²) in [6.45, 7) is 4.08. The molecule has 6 nitrogen and oxygen atoms in total. The van der Waals surface area contributed by atoms with Gasteiger partial charge in [0.2, 0.25) is 15.9 Å². The zero-order valence-electron chi connectivity index (χ0n) is 15.6. The van der Waals surface area contributed by atoms with Gasteiger partial charge in [0.15, 0.2) is 5.13 Å². The molecule has 0 radical (unpaired) electrons. The minimum Gasteiger partial charge on any atom is -0.302 e. The summed E-state index contributed by atoms with van der Waals surface area (Å²) in [5, 5.41) is 5.11. The van der Waals surface area contributed by atoms with E-state index in [-0.39, 0.29) is 23.8 Å². The second-order valence-electron chi connectivity index (χ2n) is 6.37. The number of hydrogen-bond acceptors (Lipinski definition) is 5. The van der Waals surface area contributed by atoms with Gasteiger partial charge in [-0.2, -0.15) is 0 Å². The molecular weight excluding hydrogens is 394 g/mol. The van der Waals surface area contributed by atoms with E-state index < -0.39 is 10.0 Å². The molecule has 3 rings (SSSR count). The molecule has 146 valence electrons. The van der Waals surface area contributed by atoms with Crippen molar-refractivity contribution in [1.82, 2.24) is 9.71 Å². The summed E-state index contributed by atoms with van der Waals surface area (Å²) in [4.78, 5) is 16.8. The lowest BCUT2D eigenvalue weighted by Crippen LogP contribution is -2.27. The molecule has 8 heteroatoms. The van der Waals surface area contributed by atoms with Crippen LogP contribution in [0.4, 0.5) is 5.13 Å². The Balaban J connectivity index is 1.55. The Labute approximate surface area is 168 Å². The highest BCUT2D eigenvalue weighted by Gasteiger charge is 2.14. The molecule has 28 heavy (non-hydrogen) atoms. The molecule has 2 aromatic carbocycles. The third-order valence-electron chi connectivity index (χ3n) is 4.11. The maximum atomic E-state index is 12.1. The summed E-state index contributed by atoms with van der Waals surface area (Å²) in [5.41, 5.74) is 4.14. The Morgan fingerprint density at radius 2 is 1.86 bits per heavy atom. The van der Waals surface area contributed by atoms with Crippen LogP contribution in [0.2, 0.25) is 0 Å². The van der Waals surface area contributed by atoms with Gasteiger partial charge in [0.25, 0.3) is 0 Å². The lowest BCUT2D eigenvalue weighted by atomic mass is 10.0. The quantitative estimate of drug-likeness (QED) is 0.615. The van der Waals surface area contributed by atoms with Crippen LogP contribution in [-0.2, 0) is 14.8 Å². The van der Waals surface area contributed by atoms with E-state index in [0.717, 1.165) is 16.8 Å². The van der Waals surface area contributed by atoms with Crippen LogP contribution in [0.5, 0.6) is 0 Å². The molecule has 0 bridgehead atoms. The summed E-state index contributed by atoms with van der Waals surface area (Å²) in [6.07, 6.45) is 0.0184. The highest BCUT2D eigenvalue weighted by molar-refractivity contribution is 7.89. The largest absolute Gasteiger partial charge is 0.302 e. The van der Waals surface area contributed by atoms with E-state index in [1.165, 1.54) is 29.0 Å². The molecule has 1 amide bonds. The minimum atomic E-state index is -3.61. The fraction of sp³-hybridized carbons (Fsp3) is 0.200. The van der Waals surface area contributed by atoms with Crippen molar-refractivity contribution in [3.05, 3.63) is 65.0 Å². The van der Waals surface area contributed by atoms with Crippen LogP contribution in [0.3, 0.4) is 0 Å². The van der Waals surface area contributed by atoms with E-state index in [2.05, 4.69) is 21.1 Å². The van der Waals surface area contributed by atoms with Crippen molar-refractivity contribution >= 4 is 32.4 Å². The molecule has 0 saturated carbocycles. The Bertz CT molecular complexity index is 1080. The lowest BCUT2D eigenvalue weighted by molar-refractivity contribution is -0.116. The number of sulfonamides is 1. The molecule has 1 heterocycles. The number of hydrogen-bond donors (Lipinski definition) is 2. The number of rotatable bonds is 7. The van der Waals surface area contributed by atoms with Gasteiger partial charge < -0.3 is 5.32 Å². The summed E-state index contributed by atoms with van der Waals surface area (Å²) >= 11 is 1.34. The van der Waals surface area contributed by atoms with Crippen LogP contribution in [0.15, 0.2) is 58.8 Å². The molecule has 0 spiro atoms. The minimum absolute atomic E-state index is 0.0123. The van der Waals surface area contributed by atoms with Crippen LogP contribution in [0, 0.1) is 13.8 Å². The van der Waals surface area contributed by atoms with Crippen molar-refractivity contribution in [3.8, 4) is 11.3 Å². The van der Waals surface area contributed by atoms with Gasteiger partial charge in [-0.05, 0) is 31.5 Å². The Morgan fingerprint density at radius 3 is 2.57 bits per heavy atom. The number of nitrogens with zero attached hydrogens (tertiary/aromatic N) is 1. The molecule has 0 aliphatic heterocycles. The number of carbonyl (C=O) groups excluding carboxylic acids is 1. The lowest BCUT2D eigenvalue weighted by Gasteiger charge is -2.06. The number of carbonyl (C=O) groups is 1. The van der Waals surface area contributed by atoms with Crippen molar-refractivity contribution in [2.45, 2.75) is 25.2 Å². The van der Waals surface area contributed by atoms with Crippen molar-refractivity contribution < 1.29 is 13.2 Å². The summed E-state index contributed by atoms with van der Waals surface area (Å²) in [5.74, 6) is -0.294. The standard InChI is InChI=1S/C20H21N3O3S2/c1-14-8-9-17(15(2)12-14)18-13-27-20(22-18)23-19(24)10-11-21-28(25,26)16-6-4-3-5-7-16/h3-9,12-13,21H,10-11H2,1-2H3,(H,22,23,24). The van der Waals surface area contributed by atoms with Gasteiger partial charge >= 0.3 is 0 Å². The number of benzene rings is 2. The third-order valence-corrected chi connectivity index (χ3v) is 6.34. The first kappa shape index (κ1) is 20.2. The molecular formula is C20H21N3O3S2. The summed E-state index contributed by atoms with van der Waals surface area (Å²) in [7, 11) is -3.61. The van der Waals surface area contributed by atoms with E-state index in [9.17, 15) is 13.2 Å². The van der Waals surface area contributed by atoms with Crippen LogP contribution >= 0.6 is 11.3 Å². The van der Waals surface area contributed by atoms with Crippen molar-refractivity contribution in [2.75, 3.05) is 11.9 Å². The summed E-state index contributed by atoms with van der Waals surface area (Å²) in [6, 6.07) is 14.2. The van der Waals surface area contributed by atoms with E-state index >= 15 is 0 Å². The number of aromatic nitrogens is 1. The highest BCUT2D eigenvalue weighted by atomic mass is 32.2. The third kappa shape index (κ3) is 5.03. The second-order valence-corrected chi connectivity index (χ2v) is 8.99. The number of anilines is 1. The molecule has 0 fully saturated rings. The zero-order valence-corrected chi connectivity index (χ0v) is 17.2. The first-order valence-electron chi connectivity index (χ1n) is 8.73. The Morgan fingerprint density at radius 1 is 1.11 bits per heavy atom. The topological polar surface area (TPSA) is 88.2 Å². The number of nitrogens with one attached hydrogen (secondary N) is 2. The highest BCUT2D eigenvalue weighted by Crippen LogP contribution is 2.28. The first-order valence-corrected chi connectivity index (χ1v) is 11.1. The number of amides is 1. The molecule has 1 aromatic heterocycles. The maximum Gasteiger partial charge on any atom is 0.240 e. The predicted octanol–water partition coefficient (Wildman–Crippen LogP) is 3.73. The van der Waals surface area contributed by atoms with E-state index in [1.54, 1.807) is 18.2 Å². The molecule has 0 saturated heterocycles. The number of aryl methyl sites for hydroxylation is 2. The SMILES string of the molecule is Cc1ccc(-c2csc(NC(=O)CCNS(=O)(=O)c3ccccc3)n2)c(C)c1. The molecule has 3 aromatic rings. The predicted molar refractivity (Wildman–Crippen MR) is 112 cm³/mol. The average Bonchev–Trinajstić information content (AvgIpc) is 3.10. The molecule has 2 N–H and O–H groups in total. The monoisotopic (exact) mass is 415 g/mol. The molecule has 0 unspecified atom stereocenters. The van der Waals surface area contributed by atoms with Crippen molar-refractivity contribution in [3.63, 3.8) is 0 Å². The van der Waals surface area contributed by atoms with Gasteiger partial charge in [0.1, 0.15) is 0 Å². The van der Waals surface area contributed by atoms with E-state index in [0.29, 0.717) is 5.13 Å². The van der Waals surface area contributed by atoms with Crippen molar-refractivity contribution in [2.24, 2.45) is 0 Å². The van der Waals surface area contributed by atoms with E-state index in [1.807, 2.05) is 31.4 Å². The van der Waals surface area contributed by atoms with E-state index in [4.69, 9.17) is 0 Å². The van der Waals surface area contributed by atoms with Crippen LogP contribution in [-0.4, -0.2) is 25.9 Å². The van der Waals surface area contributed by atoms with Crippen molar-refractivity contribution in [1.29, 1.82) is 0 Å². The van der Waals surface area contributed by atoms with Gasteiger partial charge in [-0.25, -0.2) is 18.1 Å². The fourth-order valence-electron chi connectivity index (χ4n) is 2.72. The van der Waals surface area contributed by atoms with Crippen LogP contribution in [0.1, 0.15) is 17.5 Å². The Hall–Kier alpha value is -2.55.